The summed E-state index contributed by atoms with van der Waals surface area (Å²) in [5, 5.41) is 0. The fourth-order valence-electron chi connectivity index (χ4n) is 2.25. The highest BCUT2D eigenvalue weighted by molar-refractivity contribution is 7.92. The van der Waals surface area contributed by atoms with Crippen LogP contribution in [0.25, 0.3) is 11.3 Å². The van der Waals surface area contributed by atoms with Gasteiger partial charge in [-0.1, -0.05) is 24.3 Å². The zero-order valence-electron chi connectivity index (χ0n) is 12.9. The minimum atomic E-state index is -3.73. The number of sulfonamides is 1. The van der Waals surface area contributed by atoms with Gasteiger partial charge in [0.15, 0.2) is 5.78 Å². The van der Waals surface area contributed by atoms with Crippen molar-refractivity contribution in [3.63, 3.8) is 0 Å². The number of aromatic nitrogens is 2. The smallest absolute Gasteiger partial charge is 0.261 e. The molecule has 0 bridgehead atoms. The van der Waals surface area contributed by atoms with E-state index in [1.54, 1.807) is 30.7 Å². The monoisotopic (exact) mass is 341 g/mol. The first kappa shape index (κ1) is 15.9. The van der Waals surface area contributed by atoms with Gasteiger partial charge in [-0.15, -0.1) is 0 Å². The van der Waals surface area contributed by atoms with Gasteiger partial charge in [0.25, 0.3) is 10.0 Å². The lowest BCUT2D eigenvalue weighted by Gasteiger charge is -2.09. The second-order valence-electron chi connectivity index (χ2n) is 5.23. The van der Waals surface area contributed by atoms with Gasteiger partial charge in [-0.2, -0.15) is 0 Å². The number of hydrogen-bond donors (Lipinski definition) is 2. The Morgan fingerprint density at radius 3 is 2.50 bits per heavy atom. The van der Waals surface area contributed by atoms with Crippen LogP contribution in [0.5, 0.6) is 0 Å². The number of imidazole rings is 1. The number of aromatic amines is 1. The number of benzene rings is 2. The third kappa shape index (κ3) is 3.36. The highest BCUT2D eigenvalue weighted by atomic mass is 32.2. The third-order valence-electron chi connectivity index (χ3n) is 3.50. The van der Waals surface area contributed by atoms with Crippen LogP contribution in [0.3, 0.4) is 0 Å². The average Bonchev–Trinajstić information content (AvgIpc) is 3.09. The summed E-state index contributed by atoms with van der Waals surface area (Å²) in [7, 11) is -3.73. The molecule has 0 aliphatic carbocycles. The first-order valence-corrected chi connectivity index (χ1v) is 8.67. The maximum absolute atomic E-state index is 12.5. The van der Waals surface area contributed by atoms with Crippen LogP contribution in [0.2, 0.25) is 0 Å². The lowest BCUT2D eigenvalue weighted by atomic mass is 10.1. The Labute approximate surface area is 139 Å². The molecule has 1 heterocycles. The standard InChI is InChI=1S/C17H15N3O3S/c1-12(21)13-5-7-16(8-6-13)24(22,23)20-15-4-2-3-14(9-15)17-10-18-11-19-17/h2-11,20H,1H3,(H,18,19). The van der Waals surface area contributed by atoms with Gasteiger partial charge in [0, 0.05) is 16.8 Å². The topological polar surface area (TPSA) is 91.9 Å². The molecule has 24 heavy (non-hydrogen) atoms. The molecule has 0 spiro atoms. The molecule has 122 valence electrons. The summed E-state index contributed by atoms with van der Waals surface area (Å²) in [5.41, 5.74) is 2.52. The van der Waals surface area contributed by atoms with E-state index in [9.17, 15) is 13.2 Å². The van der Waals surface area contributed by atoms with E-state index in [-0.39, 0.29) is 10.7 Å². The molecule has 0 saturated heterocycles. The molecule has 0 radical (unpaired) electrons. The van der Waals surface area contributed by atoms with Crippen molar-refractivity contribution in [2.24, 2.45) is 0 Å². The van der Waals surface area contributed by atoms with Crippen molar-refractivity contribution in [3.05, 3.63) is 66.6 Å². The fraction of sp³-hybridized carbons (Fsp3) is 0.0588. The summed E-state index contributed by atoms with van der Waals surface area (Å²) in [6.07, 6.45) is 3.22. The molecule has 2 aromatic carbocycles. The van der Waals surface area contributed by atoms with Gasteiger partial charge in [0.2, 0.25) is 0 Å². The number of H-pyrrole nitrogens is 1. The number of hydrogen-bond acceptors (Lipinski definition) is 4. The van der Waals surface area contributed by atoms with E-state index < -0.39 is 10.0 Å². The highest BCUT2D eigenvalue weighted by Gasteiger charge is 2.15. The zero-order chi connectivity index (χ0) is 17.2. The number of nitrogens with zero attached hydrogens (tertiary/aromatic N) is 1. The normalized spacial score (nSPS) is 11.2. The number of Topliss-reactive ketones (excluding diaryl/α,β-unsaturated/α-hetero) is 1. The van der Waals surface area contributed by atoms with Gasteiger partial charge in [-0.05, 0) is 31.2 Å². The molecule has 0 fully saturated rings. The quantitative estimate of drug-likeness (QED) is 0.698. The fourth-order valence-corrected chi connectivity index (χ4v) is 3.30. The lowest BCUT2D eigenvalue weighted by Crippen LogP contribution is -2.13. The van der Waals surface area contributed by atoms with E-state index >= 15 is 0 Å². The summed E-state index contributed by atoms with van der Waals surface area (Å²) >= 11 is 0. The number of anilines is 1. The van der Waals surface area contributed by atoms with Crippen LogP contribution in [-0.4, -0.2) is 24.2 Å². The Bertz CT molecular complexity index is 963. The number of carbonyl (C=O) groups excluding carboxylic acids is 1. The molecule has 0 amide bonds. The maximum Gasteiger partial charge on any atom is 0.261 e. The van der Waals surface area contributed by atoms with E-state index in [1.165, 1.54) is 31.2 Å². The van der Waals surface area contributed by atoms with Crippen LogP contribution in [0.4, 0.5) is 5.69 Å². The van der Waals surface area contributed by atoms with E-state index in [1.807, 2.05) is 6.07 Å². The summed E-state index contributed by atoms with van der Waals surface area (Å²) in [5.74, 6) is -0.112. The van der Waals surface area contributed by atoms with Crippen LogP contribution in [0, 0.1) is 0 Å². The average molecular weight is 341 g/mol. The Balaban J connectivity index is 1.87. The Morgan fingerprint density at radius 1 is 1.12 bits per heavy atom. The number of rotatable bonds is 5. The van der Waals surface area contributed by atoms with Gasteiger partial charge in [-0.3, -0.25) is 9.52 Å². The van der Waals surface area contributed by atoms with E-state index in [0.29, 0.717) is 11.3 Å². The third-order valence-corrected chi connectivity index (χ3v) is 4.89. The van der Waals surface area contributed by atoms with Crippen molar-refractivity contribution < 1.29 is 13.2 Å². The van der Waals surface area contributed by atoms with Crippen molar-refractivity contribution in [3.8, 4) is 11.3 Å². The van der Waals surface area contributed by atoms with Gasteiger partial charge in [-0.25, -0.2) is 13.4 Å². The lowest BCUT2D eigenvalue weighted by molar-refractivity contribution is 0.101. The molecule has 3 aromatic rings. The maximum atomic E-state index is 12.5. The summed E-state index contributed by atoms with van der Waals surface area (Å²) in [6.45, 7) is 1.43. The van der Waals surface area contributed by atoms with Crippen molar-refractivity contribution in [1.82, 2.24) is 9.97 Å². The SMILES string of the molecule is CC(=O)c1ccc(S(=O)(=O)Nc2cccc(-c3cnc[nH]3)c2)cc1. The molecule has 1 aromatic heterocycles. The molecule has 2 N–H and O–H groups in total. The van der Waals surface area contributed by atoms with Gasteiger partial charge < -0.3 is 4.98 Å². The predicted molar refractivity (Wildman–Crippen MR) is 91.3 cm³/mol. The second-order valence-corrected chi connectivity index (χ2v) is 6.91. The highest BCUT2D eigenvalue weighted by Crippen LogP contribution is 2.22. The predicted octanol–water partition coefficient (Wildman–Crippen LogP) is 3.08. The molecule has 7 heteroatoms. The first-order chi connectivity index (χ1) is 11.5. The summed E-state index contributed by atoms with van der Waals surface area (Å²) in [6, 6.07) is 12.8. The zero-order valence-corrected chi connectivity index (χ0v) is 13.7. The molecule has 3 rings (SSSR count). The molecular formula is C17H15N3O3S. The molecule has 0 aliphatic rings. The second kappa shape index (κ2) is 6.29. The molecule has 0 saturated carbocycles. The molecule has 0 atom stereocenters. The number of nitrogens with one attached hydrogen (secondary N) is 2. The van der Waals surface area contributed by atoms with E-state index in [0.717, 1.165) is 11.3 Å². The minimum absolute atomic E-state index is 0.0967. The van der Waals surface area contributed by atoms with Crippen molar-refractivity contribution >= 4 is 21.5 Å². The van der Waals surface area contributed by atoms with Gasteiger partial charge in [0.1, 0.15) is 0 Å². The van der Waals surface area contributed by atoms with Crippen LogP contribution < -0.4 is 4.72 Å². The Morgan fingerprint density at radius 2 is 1.88 bits per heavy atom. The van der Waals surface area contributed by atoms with Crippen molar-refractivity contribution in [2.45, 2.75) is 11.8 Å². The molecule has 6 nitrogen and oxygen atoms in total. The van der Waals surface area contributed by atoms with Crippen LogP contribution in [-0.2, 0) is 10.0 Å². The molecular weight excluding hydrogens is 326 g/mol. The van der Waals surface area contributed by atoms with Gasteiger partial charge >= 0.3 is 0 Å². The largest absolute Gasteiger partial charge is 0.345 e. The summed E-state index contributed by atoms with van der Waals surface area (Å²) < 4.78 is 27.5. The molecule has 0 aliphatic heterocycles. The van der Waals surface area contributed by atoms with Gasteiger partial charge in [0.05, 0.1) is 23.1 Å². The minimum Gasteiger partial charge on any atom is -0.345 e. The van der Waals surface area contributed by atoms with Crippen LogP contribution >= 0.6 is 0 Å². The molecule has 0 unspecified atom stereocenters. The van der Waals surface area contributed by atoms with Crippen LogP contribution in [0.1, 0.15) is 17.3 Å². The van der Waals surface area contributed by atoms with E-state index in [4.69, 9.17) is 0 Å². The van der Waals surface area contributed by atoms with Crippen molar-refractivity contribution in [1.29, 1.82) is 0 Å². The number of ketones is 1. The summed E-state index contributed by atoms with van der Waals surface area (Å²) in [4.78, 5) is 18.3. The first-order valence-electron chi connectivity index (χ1n) is 7.18. The number of carbonyl (C=O) groups is 1. The van der Waals surface area contributed by atoms with Crippen molar-refractivity contribution in [2.75, 3.05) is 4.72 Å². The van der Waals surface area contributed by atoms with Crippen LogP contribution in [0.15, 0.2) is 66.0 Å². The van der Waals surface area contributed by atoms with E-state index in [2.05, 4.69) is 14.7 Å². The Kier molecular flexibility index (Phi) is 4.18. The Hall–Kier alpha value is -2.93.